The van der Waals surface area contributed by atoms with Gasteiger partial charge in [0.1, 0.15) is 21.4 Å². The zero-order valence-electron chi connectivity index (χ0n) is 18.7. The monoisotopic (exact) mass is 470 g/mol. The molecule has 0 radical (unpaired) electrons. The van der Waals surface area contributed by atoms with E-state index in [1.165, 1.54) is 14.2 Å². The molecule has 3 aromatic carbocycles. The molecule has 0 amide bonds. The van der Waals surface area contributed by atoms with Crippen molar-refractivity contribution in [2.24, 2.45) is 11.8 Å². The Morgan fingerprint density at radius 1 is 0.794 bits per heavy atom. The summed E-state index contributed by atoms with van der Waals surface area (Å²) in [7, 11) is 2.73. The van der Waals surface area contributed by atoms with Crippen LogP contribution in [0.25, 0.3) is 11.0 Å². The minimum Gasteiger partial charge on any atom is -0.469 e. The number of fused-ring (bicyclic) bond motifs is 7. The van der Waals surface area contributed by atoms with Gasteiger partial charge in [0.15, 0.2) is 0 Å². The van der Waals surface area contributed by atoms with Gasteiger partial charge in [-0.25, -0.2) is 4.98 Å². The molecule has 3 heterocycles. The molecule has 2 aliphatic rings. The fourth-order valence-electron chi connectivity index (χ4n) is 5.76. The van der Waals surface area contributed by atoms with Gasteiger partial charge in [0, 0.05) is 0 Å². The third-order valence-electron chi connectivity index (χ3n) is 7.03. The van der Waals surface area contributed by atoms with E-state index in [1.807, 2.05) is 84.9 Å². The highest BCUT2D eigenvalue weighted by atomic mass is 32.2. The molecule has 0 unspecified atom stereocenters. The second-order valence-electron chi connectivity index (χ2n) is 8.53. The number of carbonyl (C=O) groups is 2. The number of nitrogens with zero attached hydrogens (tertiary/aromatic N) is 2. The normalized spacial score (nSPS) is 26.9. The molecule has 1 saturated heterocycles. The van der Waals surface area contributed by atoms with E-state index in [9.17, 15) is 9.59 Å². The highest BCUT2D eigenvalue weighted by molar-refractivity contribution is 8.02. The number of aromatic nitrogens is 2. The minimum atomic E-state index is -0.950. The second kappa shape index (κ2) is 7.46. The first kappa shape index (κ1) is 21.0. The highest BCUT2D eigenvalue weighted by Crippen LogP contribution is 2.74. The van der Waals surface area contributed by atoms with Gasteiger partial charge < -0.3 is 14.0 Å². The summed E-state index contributed by atoms with van der Waals surface area (Å²) in [5.74, 6) is -1.83. The molecule has 0 N–H and O–H groups in total. The van der Waals surface area contributed by atoms with E-state index in [2.05, 4.69) is 4.57 Å². The SMILES string of the molecule is COC(=O)[C@@H]1[C@@H](C(=O)OC)[C@]2(c3ccccc3)S[C@@]1(c1ccccc1)c1nc3ccccc3n12. The number of rotatable bonds is 4. The summed E-state index contributed by atoms with van der Waals surface area (Å²) in [4.78, 5) is 31.2. The molecular formula is C27H22N2O4S. The van der Waals surface area contributed by atoms with Crippen molar-refractivity contribution < 1.29 is 19.1 Å². The van der Waals surface area contributed by atoms with Crippen LogP contribution in [0.2, 0.25) is 0 Å². The van der Waals surface area contributed by atoms with Gasteiger partial charge in [-0.3, -0.25) is 9.59 Å². The zero-order chi connectivity index (χ0) is 23.5. The lowest BCUT2D eigenvalue weighted by Crippen LogP contribution is -2.51. The predicted octanol–water partition coefficient (Wildman–Crippen LogP) is 4.32. The van der Waals surface area contributed by atoms with E-state index in [1.54, 1.807) is 11.8 Å². The van der Waals surface area contributed by atoms with Crippen molar-refractivity contribution in [3.05, 3.63) is 102 Å². The zero-order valence-corrected chi connectivity index (χ0v) is 19.5. The molecule has 2 bridgehead atoms. The maximum Gasteiger partial charge on any atom is 0.313 e. The van der Waals surface area contributed by atoms with Crippen LogP contribution in [0, 0.1) is 11.8 Å². The smallest absolute Gasteiger partial charge is 0.313 e. The van der Waals surface area contributed by atoms with Gasteiger partial charge in [-0.05, 0) is 23.3 Å². The first-order valence-corrected chi connectivity index (χ1v) is 11.9. The predicted molar refractivity (Wildman–Crippen MR) is 129 cm³/mol. The lowest BCUT2D eigenvalue weighted by molar-refractivity contribution is -0.161. The van der Waals surface area contributed by atoms with Gasteiger partial charge >= 0.3 is 11.9 Å². The number of imidazole rings is 1. The molecule has 1 fully saturated rings. The van der Waals surface area contributed by atoms with Crippen LogP contribution in [0.1, 0.15) is 17.0 Å². The topological polar surface area (TPSA) is 70.4 Å². The molecule has 1 aromatic heterocycles. The molecule has 0 spiro atoms. The average Bonchev–Trinajstić information content (AvgIpc) is 3.54. The van der Waals surface area contributed by atoms with Crippen molar-refractivity contribution in [1.82, 2.24) is 9.55 Å². The van der Waals surface area contributed by atoms with Gasteiger partial charge in [0.25, 0.3) is 0 Å². The van der Waals surface area contributed by atoms with Gasteiger partial charge in [0.05, 0.1) is 31.2 Å². The van der Waals surface area contributed by atoms with Crippen LogP contribution in [0.3, 0.4) is 0 Å². The summed E-state index contributed by atoms with van der Waals surface area (Å²) in [6.45, 7) is 0. The summed E-state index contributed by atoms with van der Waals surface area (Å²) < 4.78 is 11.9. The van der Waals surface area contributed by atoms with Crippen molar-refractivity contribution in [1.29, 1.82) is 0 Å². The van der Waals surface area contributed by atoms with Crippen molar-refractivity contribution in [3.8, 4) is 0 Å². The first-order valence-electron chi connectivity index (χ1n) is 11.0. The fraction of sp³-hybridized carbons (Fsp3) is 0.222. The van der Waals surface area contributed by atoms with Crippen LogP contribution >= 0.6 is 11.8 Å². The molecule has 6 nitrogen and oxygen atoms in total. The van der Waals surface area contributed by atoms with Crippen molar-refractivity contribution >= 4 is 34.7 Å². The van der Waals surface area contributed by atoms with Gasteiger partial charge in [-0.1, -0.05) is 72.8 Å². The molecular weight excluding hydrogens is 448 g/mol. The molecule has 7 heteroatoms. The van der Waals surface area contributed by atoms with Gasteiger partial charge in [0.2, 0.25) is 0 Å². The Labute approximate surface area is 200 Å². The van der Waals surface area contributed by atoms with E-state index in [-0.39, 0.29) is 0 Å². The molecule has 34 heavy (non-hydrogen) atoms. The number of thioether (sulfide) groups is 1. The number of para-hydroxylation sites is 2. The van der Waals surface area contributed by atoms with Crippen LogP contribution in [0.15, 0.2) is 84.9 Å². The van der Waals surface area contributed by atoms with Crippen LogP contribution in [0.5, 0.6) is 0 Å². The fourth-order valence-corrected chi connectivity index (χ4v) is 7.99. The molecule has 0 aliphatic carbocycles. The molecule has 170 valence electrons. The van der Waals surface area contributed by atoms with E-state index < -0.39 is 33.4 Å². The summed E-state index contributed by atoms with van der Waals surface area (Å²) in [6.07, 6.45) is 0. The lowest BCUT2D eigenvalue weighted by atomic mass is 9.70. The average molecular weight is 471 g/mol. The van der Waals surface area contributed by atoms with Crippen LogP contribution in [-0.2, 0) is 28.7 Å². The van der Waals surface area contributed by atoms with E-state index in [4.69, 9.17) is 14.5 Å². The van der Waals surface area contributed by atoms with Crippen LogP contribution < -0.4 is 0 Å². The lowest BCUT2D eigenvalue weighted by Gasteiger charge is -2.39. The summed E-state index contributed by atoms with van der Waals surface area (Å²) >= 11 is 1.59. The summed E-state index contributed by atoms with van der Waals surface area (Å²) in [6, 6.07) is 27.5. The third-order valence-corrected chi connectivity index (χ3v) is 9.01. The summed E-state index contributed by atoms with van der Waals surface area (Å²) in [5.41, 5.74) is 3.52. The Hall–Kier alpha value is -3.58. The Kier molecular flexibility index (Phi) is 4.61. The number of carbonyl (C=O) groups excluding carboxylic acids is 2. The summed E-state index contributed by atoms with van der Waals surface area (Å²) in [5, 5.41) is 0. The second-order valence-corrected chi connectivity index (χ2v) is 10.00. The van der Waals surface area contributed by atoms with Crippen LogP contribution in [0.4, 0.5) is 0 Å². The Balaban J connectivity index is 1.81. The minimum absolute atomic E-state index is 0.451. The maximum atomic E-state index is 13.6. The van der Waals surface area contributed by atoms with Crippen molar-refractivity contribution in [2.45, 2.75) is 9.62 Å². The number of methoxy groups -OCH3 is 2. The van der Waals surface area contributed by atoms with Crippen LogP contribution in [-0.4, -0.2) is 35.7 Å². The van der Waals surface area contributed by atoms with E-state index >= 15 is 0 Å². The van der Waals surface area contributed by atoms with Crippen molar-refractivity contribution in [3.63, 3.8) is 0 Å². The number of benzene rings is 3. The Morgan fingerprint density at radius 3 is 2.00 bits per heavy atom. The standard InChI is InChI=1S/C27H22N2O4S/c1-32-23(30)21-22(24(31)33-2)27(18-13-7-4-8-14-18)29-20-16-10-9-15-19(20)28-25(29)26(21,34-27)17-11-5-3-6-12-17/h3-16,21-22H,1-2H3/t21-,22-,26+,27-/m0/s1. The molecule has 6 rings (SSSR count). The molecule has 4 aromatic rings. The van der Waals surface area contributed by atoms with Gasteiger partial charge in [-0.15, -0.1) is 11.8 Å². The largest absolute Gasteiger partial charge is 0.469 e. The van der Waals surface area contributed by atoms with E-state index in [0.717, 1.165) is 28.0 Å². The van der Waals surface area contributed by atoms with Crippen molar-refractivity contribution in [2.75, 3.05) is 14.2 Å². The maximum absolute atomic E-state index is 13.6. The van der Waals surface area contributed by atoms with E-state index in [0.29, 0.717) is 0 Å². The molecule has 0 saturated carbocycles. The quantitative estimate of drug-likeness (QED) is 0.414. The highest BCUT2D eigenvalue weighted by Gasteiger charge is 2.76. The first-order chi connectivity index (χ1) is 16.6. The number of hydrogen-bond acceptors (Lipinski definition) is 6. The molecule has 4 atom stereocenters. The van der Waals surface area contributed by atoms with Gasteiger partial charge in [-0.2, -0.15) is 0 Å². The third kappa shape index (κ3) is 2.45. The number of esters is 2. The Bertz CT molecular complexity index is 1420. The number of ether oxygens (including phenoxy) is 2. The Morgan fingerprint density at radius 2 is 1.35 bits per heavy atom. The molecule has 2 aliphatic heterocycles. The number of hydrogen-bond donors (Lipinski definition) is 0.